The summed E-state index contributed by atoms with van der Waals surface area (Å²) in [7, 11) is 0. The van der Waals surface area contributed by atoms with Gasteiger partial charge in [0.05, 0.1) is 6.61 Å². The Bertz CT molecular complexity index is 380. The highest BCUT2D eigenvalue weighted by atomic mass is 32.2. The third kappa shape index (κ3) is 3.90. The van der Waals surface area contributed by atoms with E-state index in [1.165, 1.54) is 0 Å². The molecule has 1 aromatic rings. The summed E-state index contributed by atoms with van der Waals surface area (Å²) in [5, 5.41) is 22.8. The second kappa shape index (κ2) is 7.02. The fourth-order valence-electron chi connectivity index (χ4n) is 2.05. The largest absolute Gasteiger partial charge is 0.508 e. The van der Waals surface area contributed by atoms with Crippen LogP contribution in [0.15, 0.2) is 18.2 Å². The number of phenolic OH excluding ortho intramolecular Hbond substituents is 1. The van der Waals surface area contributed by atoms with Crippen LogP contribution >= 0.6 is 11.8 Å². The second-order valence-electron chi connectivity index (χ2n) is 4.70. The van der Waals surface area contributed by atoms with Crippen molar-refractivity contribution in [3.8, 4) is 5.75 Å². The van der Waals surface area contributed by atoms with Crippen molar-refractivity contribution in [3.63, 3.8) is 0 Å². The fourth-order valence-corrected chi connectivity index (χ4v) is 2.68. The highest BCUT2D eigenvalue weighted by Crippen LogP contribution is 2.26. The van der Waals surface area contributed by atoms with Gasteiger partial charge in [0.15, 0.2) is 0 Å². The quantitative estimate of drug-likeness (QED) is 0.742. The van der Waals surface area contributed by atoms with E-state index >= 15 is 0 Å². The van der Waals surface area contributed by atoms with Crippen LogP contribution in [0.5, 0.6) is 5.75 Å². The number of hydrogen-bond acceptors (Lipinski definition) is 4. The van der Waals surface area contributed by atoms with E-state index in [1.807, 2.05) is 32.2 Å². The summed E-state index contributed by atoms with van der Waals surface area (Å²) in [5.74, 6) is 0.326. The summed E-state index contributed by atoms with van der Waals surface area (Å²) < 4.78 is 0. The molecule has 0 aliphatic rings. The van der Waals surface area contributed by atoms with Crippen LogP contribution < -0.4 is 5.32 Å². The van der Waals surface area contributed by atoms with Gasteiger partial charge in [-0.1, -0.05) is 12.1 Å². The summed E-state index contributed by atoms with van der Waals surface area (Å²) in [6, 6.07) is 5.96. The summed E-state index contributed by atoms with van der Waals surface area (Å²) in [4.78, 5) is 0. The predicted molar refractivity (Wildman–Crippen MR) is 78.2 cm³/mol. The maximum Gasteiger partial charge on any atom is 0.120 e. The summed E-state index contributed by atoms with van der Waals surface area (Å²) in [6.45, 7) is 6.19. The first kappa shape index (κ1) is 15.3. The van der Waals surface area contributed by atoms with E-state index < -0.39 is 0 Å². The van der Waals surface area contributed by atoms with E-state index in [9.17, 15) is 10.2 Å². The maximum atomic E-state index is 9.93. The average molecular weight is 269 g/mol. The molecule has 18 heavy (non-hydrogen) atoms. The summed E-state index contributed by atoms with van der Waals surface area (Å²) in [6.07, 6.45) is 1.99. The van der Waals surface area contributed by atoms with Gasteiger partial charge < -0.3 is 15.5 Å². The Morgan fingerprint density at radius 1 is 1.33 bits per heavy atom. The molecule has 0 aliphatic carbocycles. The van der Waals surface area contributed by atoms with E-state index in [1.54, 1.807) is 17.8 Å². The number of benzene rings is 1. The molecule has 102 valence electrons. The zero-order valence-corrected chi connectivity index (χ0v) is 12.3. The van der Waals surface area contributed by atoms with E-state index in [-0.39, 0.29) is 23.9 Å². The Morgan fingerprint density at radius 3 is 2.50 bits per heavy atom. The molecule has 0 aromatic heterocycles. The van der Waals surface area contributed by atoms with Gasteiger partial charge in [0.2, 0.25) is 0 Å². The van der Waals surface area contributed by atoms with Crippen molar-refractivity contribution < 1.29 is 10.2 Å². The van der Waals surface area contributed by atoms with Crippen LogP contribution in [-0.4, -0.2) is 34.4 Å². The first-order chi connectivity index (χ1) is 8.49. The van der Waals surface area contributed by atoms with Gasteiger partial charge >= 0.3 is 0 Å². The van der Waals surface area contributed by atoms with E-state index in [4.69, 9.17) is 0 Å². The molecule has 3 nitrogen and oxygen atoms in total. The van der Waals surface area contributed by atoms with Crippen molar-refractivity contribution >= 4 is 11.8 Å². The molecule has 0 aliphatic heterocycles. The van der Waals surface area contributed by atoms with Crippen molar-refractivity contribution in [2.75, 3.05) is 12.9 Å². The Labute approximate surface area is 114 Å². The molecule has 3 unspecified atom stereocenters. The molecule has 0 fully saturated rings. The standard InChI is InChI=1S/C14H23NO2S/c1-9-5-6-12(13(17)7-9)10(2)15-11(3)14(8-16)18-4/h5-7,10-11,14-17H,8H2,1-4H3. The molecule has 1 aromatic carbocycles. The van der Waals surface area contributed by atoms with Gasteiger partial charge in [-0.05, 0) is 38.7 Å². The Hall–Kier alpha value is -0.710. The van der Waals surface area contributed by atoms with Gasteiger partial charge in [-0.3, -0.25) is 0 Å². The molecule has 0 spiro atoms. The fraction of sp³-hybridized carbons (Fsp3) is 0.571. The SMILES string of the molecule is CSC(CO)C(C)NC(C)c1ccc(C)cc1O. The molecule has 0 saturated heterocycles. The number of nitrogens with one attached hydrogen (secondary N) is 1. The van der Waals surface area contributed by atoms with Crippen molar-refractivity contribution in [2.45, 2.75) is 38.1 Å². The molecule has 1 rings (SSSR count). The number of aromatic hydroxyl groups is 1. The zero-order valence-electron chi connectivity index (χ0n) is 11.5. The average Bonchev–Trinajstić information content (AvgIpc) is 2.30. The van der Waals surface area contributed by atoms with Crippen molar-refractivity contribution in [3.05, 3.63) is 29.3 Å². The van der Waals surface area contributed by atoms with E-state index in [0.29, 0.717) is 5.75 Å². The van der Waals surface area contributed by atoms with Crippen molar-refractivity contribution in [2.24, 2.45) is 0 Å². The van der Waals surface area contributed by atoms with Crippen LogP contribution in [0.25, 0.3) is 0 Å². The first-order valence-corrected chi connectivity index (χ1v) is 7.47. The van der Waals surface area contributed by atoms with Gasteiger partial charge in [-0.2, -0.15) is 11.8 Å². The maximum absolute atomic E-state index is 9.93. The number of aliphatic hydroxyl groups excluding tert-OH is 1. The monoisotopic (exact) mass is 269 g/mol. The summed E-state index contributed by atoms with van der Waals surface area (Å²) in [5.41, 5.74) is 1.94. The number of hydrogen-bond donors (Lipinski definition) is 3. The van der Waals surface area contributed by atoms with Crippen LogP contribution in [0.2, 0.25) is 0 Å². The van der Waals surface area contributed by atoms with Crippen molar-refractivity contribution in [1.82, 2.24) is 5.32 Å². The smallest absolute Gasteiger partial charge is 0.120 e. The van der Waals surface area contributed by atoms with Gasteiger partial charge in [0.25, 0.3) is 0 Å². The molecule has 4 heteroatoms. The lowest BCUT2D eigenvalue weighted by atomic mass is 10.0. The number of rotatable bonds is 6. The van der Waals surface area contributed by atoms with Crippen LogP contribution in [0.4, 0.5) is 0 Å². The van der Waals surface area contributed by atoms with Crippen LogP contribution in [-0.2, 0) is 0 Å². The minimum absolute atomic E-state index is 0.0572. The van der Waals surface area contributed by atoms with Gasteiger partial charge in [-0.25, -0.2) is 0 Å². The number of phenols is 1. The van der Waals surface area contributed by atoms with Crippen molar-refractivity contribution in [1.29, 1.82) is 0 Å². The Kier molecular flexibility index (Phi) is 5.99. The first-order valence-electron chi connectivity index (χ1n) is 6.18. The predicted octanol–water partition coefficient (Wildman–Crippen LogP) is 2.46. The highest BCUT2D eigenvalue weighted by molar-refractivity contribution is 7.99. The molecule has 0 saturated carbocycles. The minimum atomic E-state index is 0.0572. The zero-order chi connectivity index (χ0) is 13.7. The van der Waals surface area contributed by atoms with Crippen LogP contribution in [0.3, 0.4) is 0 Å². The number of aliphatic hydroxyl groups is 1. The lowest BCUT2D eigenvalue weighted by Crippen LogP contribution is -2.38. The van der Waals surface area contributed by atoms with Crippen LogP contribution in [0.1, 0.15) is 31.0 Å². The number of aryl methyl sites for hydroxylation is 1. The Morgan fingerprint density at radius 2 is 2.00 bits per heavy atom. The van der Waals surface area contributed by atoms with Gasteiger partial charge in [0, 0.05) is 22.9 Å². The molecule has 0 heterocycles. The van der Waals surface area contributed by atoms with Gasteiger partial charge in [-0.15, -0.1) is 0 Å². The van der Waals surface area contributed by atoms with Crippen LogP contribution in [0, 0.1) is 6.92 Å². The highest BCUT2D eigenvalue weighted by Gasteiger charge is 2.19. The molecular formula is C14H23NO2S. The third-order valence-electron chi connectivity index (χ3n) is 3.21. The number of thioether (sulfide) groups is 1. The topological polar surface area (TPSA) is 52.5 Å². The third-order valence-corrected chi connectivity index (χ3v) is 4.37. The minimum Gasteiger partial charge on any atom is -0.508 e. The normalized spacial score (nSPS) is 16.3. The second-order valence-corrected chi connectivity index (χ2v) is 5.77. The lowest BCUT2D eigenvalue weighted by Gasteiger charge is -2.26. The van der Waals surface area contributed by atoms with E-state index in [2.05, 4.69) is 12.2 Å². The molecular weight excluding hydrogens is 246 g/mol. The Balaban J connectivity index is 2.72. The molecule has 0 radical (unpaired) electrons. The summed E-state index contributed by atoms with van der Waals surface area (Å²) >= 11 is 1.65. The molecule has 3 N–H and O–H groups in total. The molecule has 0 amide bonds. The molecule has 0 bridgehead atoms. The lowest BCUT2D eigenvalue weighted by molar-refractivity contribution is 0.271. The van der Waals surface area contributed by atoms with Gasteiger partial charge in [0.1, 0.15) is 5.75 Å². The molecule has 3 atom stereocenters. The van der Waals surface area contributed by atoms with E-state index in [0.717, 1.165) is 11.1 Å².